The minimum Gasteiger partial charge on any atom is -0.381 e. The number of anilines is 1. The van der Waals surface area contributed by atoms with E-state index in [0.717, 1.165) is 38.3 Å². The number of nitrogens with zero attached hydrogens (tertiary/aromatic N) is 2. The van der Waals surface area contributed by atoms with Gasteiger partial charge in [-0.1, -0.05) is 24.3 Å². The fraction of sp³-hybridized carbons (Fsp3) is 0.471. The standard InChI is InChI=1S/C17H23N3O/c1-18-11-13-12-19-17(16-6-4-3-5-15(13)16)20-9-7-14(21-2)8-10-20/h3-6,12,14,18H,7-11H2,1-2H3. The van der Waals surface area contributed by atoms with Gasteiger partial charge in [0.05, 0.1) is 6.10 Å². The molecule has 4 nitrogen and oxygen atoms in total. The number of hydrogen-bond donors (Lipinski definition) is 1. The van der Waals surface area contributed by atoms with E-state index in [1.54, 1.807) is 7.11 Å². The summed E-state index contributed by atoms with van der Waals surface area (Å²) >= 11 is 0. The molecule has 3 rings (SSSR count). The summed E-state index contributed by atoms with van der Waals surface area (Å²) in [5, 5.41) is 5.77. The highest BCUT2D eigenvalue weighted by molar-refractivity contribution is 5.94. The Balaban J connectivity index is 1.94. The monoisotopic (exact) mass is 285 g/mol. The van der Waals surface area contributed by atoms with Crippen molar-refractivity contribution in [2.45, 2.75) is 25.5 Å². The Hall–Kier alpha value is -1.65. The van der Waals surface area contributed by atoms with Gasteiger partial charge in [0.15, 0.2) is 0 Å². The molecule has 0 unspecified atom stereocenters. The largest absolute Gasteiger partial charge is 0.381 e. The van der Waals surface area contributed by atoms with Gasteiger partial charge in [-0.15, -0.1) is 0 Å². The van der Waals surface area contributed by atoms with Crippen molar-refractivity contribution < 1.29 is 4.74 Å². The summed E-state index contributed by atoms with van der Waals surface area (Å²) in [4.78, 5) is 7.13. The van der Waals surface area contributed by atoms with Crippen molar-refractivity contribution in [2.24, 2.45) is 0 Å². The lowest BCUT2D eigenvalue weighted by atomic mass is 10.0. The van der Waals surface area contributed by atoms with E-state index in [-0.39, 0.29) is 0 Å². The quantitative estimate of drug-likeness (QED) is 0.937. The zero-order chi connectivity index (χ0) is 14.7. The fourth-order valence-electron chi connectivity index (χ4n) is 3.12. The molecule has 21 heavy (non-hydrogen) atoms. The summed E-state index contributed by atoms with van der Waals surface area (Å²) in [5.74, 6) is 1.11. The second kappa shape index (κ2) is 6.41. The predicted octanol–water partition coefficient (Wildman–Crippen LogP) is 2.57. The topological polar surface area (TPSA) is 37.4 Å². The van der Waals surface area contributed by atoms with E-state index in [1.807, 2.05) is 13.2 Å². The van der Waals surface area contributed by atoms with Gasteiger partial charge in [-0.2, -0.15) is 0 Å². The molecule has 1 saturated heterocycles. The van der Waals surface area contributed by atoms with Crippen molar-refractivity contribution in [1.82, 2.24) is 10.3 Å². The maximum Gasteiger partial charge on any atom is 0.136 e. The van der Waals surface area contributed by atoms with Crippen molar-refractivity contribution in [3.05, 3.63) is 36.0 Å². The molecule has 0 aliphatic carbocycles. The minimum absolute atomic E-state index is 0.399. The Labute approximate surface area is 126 Å². The molecule has 1 aromatic carbocycles. The Kier molecular flexibility index (Phi) is 4.36. The highest BCUT2D eigenvalue weighted by atomic mass is 16.5. The van der Waals surface area contributed by atoms with E-state index in [0.29, 0.717) is 6.10 Å². The van der Waals surface area contributed by atoms with E-state index < -0.39 is 0 Å². The number of piperidine rings is 1. The van der Waals surface area contributed by atoms with Crippen LogP contribution >= 0.6 is 0 Å². The number of benzene rings is 1. The number of pyridine rings is 1. The van der Waals surface area contributed by atoms with Gasteiger partial charge < -0.3 is 15.0 Å². The molecule has 0 amide bonds. The normalized spacial score (nSPS) is 16.6. The Bertz CT molecular complexity index is 606. The van der Waals surface area contributed by atoms with Gasteiger partial charge in [0.2, 0.25) is 0 Å². The third-order valence-electron chi connectivity index (χ3n) is 4.30. The van der Waals surface area contributed by atoms with Gasteiger partial charge in [0.25, 0.3) is 0 Å². The number of ether oxygens (including phenoxy) is 1. The number of hydrogen-bond acceptors (Lipinski definition) is 4. The smallest absolute Gasteiger partial charge is 0.136 e. The minimum atomic E-state index is 0.399. The molecule has 1 N–H and O–H groups in total. The highest BCUT2D eigenvalue weighted by Gasteiger charge is 2.21. The number of rotatable bonds is 4. The van der Waals surface area contributed by atoms with Gasteiger partial charge in [-0.05, 0) is 30.8 Å². The molecular formula is C17H23N3O. The van der Waals surface area contributed by atoms with Crippen LogP contribution in [-0.4, -0.2) is 38.3 Å². The summed E-state index contributed by atoms with van der Waals surface area (Å²) in [6.07, 6.45) is 4.56. The van der Waals surface area contributed by atoms with Crippen LogP contribution in [0.2, 0.25) is 0 Å². The molecule has 0 radical (unpaired) electrons. The lowest BCUT2D eigenvalue weighted by Crippen LogP contribution is -2.37. The molecule has 2 heterocycles. The summed E-state index contributed by atoms with van der Waals surface area (Å²) in [5.41, 5.74) is 1.25. The summed E-state index contributed by atoms with van der Waals surface area (Å²) in [6.45, 7) is 2.88. The van der Waals surface area contributed by atoms with E-state index in [9.17, 15) is 0 Å². The van der Waals surface area contributed by atoms with Crippen LogP contribution in [0.4, 0.5) is 5.82 Å². The maximum atomic E-state index is 5.46. The zero-order valence-electron chi connectivity index (χ0n) is 12.8. The fourth-order valence-corrected chi connectivity index (χ4v) is 3.12. The maximum absolute atomic E-state index is 5.46. The highest BCUT2D eigenvalue weighted by Crippen LogP contribution is 2.29. The SMILES string of the molecule is CNCc1cnc(N2CCC(OC)CC2)c2ccccc12. The number of nitrogens with one attached hydrogen (secondary N) is 1. The summed E-state index contributed by atoms with van der Waals surface area (Å²) in [7, 11) is 3.78. The van der Waals surface area contributed by atoms with Crippen LogP contribution in [0, 0.1) is 0 Å². The first-order chi connectivity index (χ1) is 10.3. The van der Waals surface area contributed by atoms with Crippen LogP contribution in [-0.2, 0) is 11.3 Å². The second-order valence-corrected chi connectivity index (χ2v) is 5.61. The number of methoxy groups -OCH3 is 1. The molecule has 0 bridgehead atoms. The van der Waals surface area contributed by atoms with Crippen molar-refractivity contribution in [2.75, 3.05) is 32.1 Å². The molecule has 2 aromatic rings. The van der Waals surface area contributed by atoms with Gasteiger partial charge in [0, 0.05) is 38.3 Å². The van der Waals surface area contributed by atoms with Gasteiger partial charge >= 0.3 is 0 Å². The van der Waals surface area contributed by atoms with Crippen LogP contribution in [0.5, 0.6) is 0 Å². The molecule has 0 atom stereocenters. The molecule has 0 spiro atoms. The molecular weight excluding hydrogens is 262 g/mol. The number of fused-ring (bicyclic) bond motifs is 1. The molecule has 0 saturated carbocycles. The molecule has 1 aliphatic rings. The number of aromatic nitrogens is 1. The van der Waals surface area contributed by atoms with Crippen molar-refractivity contribution in [1.29, 1.82) is 0 Å². The second-order valence-electron chi connectivity index (χ2n) is 5.61. The summed E-state index contributed by atoms with van der Waals surface area (Å²) in [6, 6.07) is 8.56. The van der Waals surface area contributed by atoms with Crippen molar-refractivity contribution >= 4 is 16.6 Å². The first-order valence-corrected chi connectivity index (χ1v) is 7.62. The van der Waals surface area contributed by atoms with E-state index in [2.05, 4.69) is 34.5 Å². The lowest BCUT2D eigenvalue weighted by Gasteiger charge is -2.33. The van der Waals surface area contributed by atoms with E-state index >= 15 is 0 Å². The Morgan fingerprint density at radius 3 is 2.62 bits per heavy atom. The molecule has 1 aliphatic heterocycles. The predicted molar refractivity (Wildman–Crippen MR) is 86.8 cm³/mol. The van der Waals surface area contributed by atoms with Crippen LogP contribution in [0.1, 0.15) is 18.4 Å². The van der Waals surface area contributed by atoms with E-state index in [4.69, 9.17) is 9.72 Å². The van der Waals surface area contributed by atoms with Crippen molar-refractivity contribution in [3.63, 3.8) is 0 Å². The third kappa shape index (κ3) is 2.87. The summed E-state index contributed by atoms with van der Waals surface area (Å²) < 4.78 is 5.46. The van der Waals surface area contributed by atoms with E-state index in [1.165, 1.54) is 16.3 Å². The lowest BCUT2D eigenvalue weighted by molar-refractivity contribution is 0.0818. The van der Waals surface area contributed by atoms with Gasteiger partial charge in [-0.3, -0.25) is 0 Å². The molecule has 1 aromatic heterocycles. The van der Waals surface area contributed by atoms with Gasteiger partial charge in [-0.25, -0.2) is 4.98 Å². The molecule has 112 valence electrons. The zero-order valence-corrected chi connectivity index (χ0v) is 12.8. The average Bonchev–Trinajstić information content (AvgIpc) is 2.56. The average molecular weight is 285 g/mol. The molecule has 1 fully saturated rings. The van der Waals surface area contributed by atoms with Gasteiger partial charge in [0.1, 0.15) is 5.82 Å². The Morgan fingerprint density at radius 1 is 1.24 bits per heavy atom. The third-order valence-corrected chi connectivity index (χ3v) is 4.30. The Morgan fingerprint density at radius 2 is 1.95 bits per heavy atom. The van der Waals surface area contributed by atoms with Crippen LogP contribution in [0.3, 0.4) is 0 Å². The van der Waals surface area contributed by atoms with Crippen LogP contribution < -0.4 is 10.2 Å². The van der Waals surface area contributed by atoms with Crippen LogP contribution in [0.25, 0.3) is 10.8 Å². The first-order valence-electron chi connectivity index (χ1n) is 7.62. The van der Waals surface area contributed by atoms with Crippen molar-refractivity contribution in [3.8, 4) is 0 Å². The molecule has 4 heteroatoms. The first kappa shape index (κ1) is 14.3. The van der Waals surface area contributed by atoms with Crippen LogP contribution in [0.15, 0.2) is 30.5 Å².